The van der Waals surface area contributed by atoms with Gasteiger partial charge in [-0.3, -0.25) is 15.0 Å². The molecule has 0 bridgehead atoms. The van der Waals surface area contributed by atoms with Crippen LogP contribution in [0.15, 0.2) is 35.3 Å². The monoisotopic (exact) mass is 351 g/mol. The zero-order valence-electron chi connectivity index (χ0n) is 15.0. The summed E-state index contributed by atoms with van der Waals surface area (Å²) < 4.78 is 0. The standard InChI is InChI=1S/C20H25N5O/c21-14-17-18(26)22-19(25-10-4-5-11-25)23-20(17)8-12-24(13-9-20)15-16-6-2-1-3-7-16/h1-3,6-7,17H,4-5,8-13,15H2,(H,22,23,26)/t17-/m1/s1. The summed E-state index contributed by atoms with van der Waals surface area (Å²) in [5.41, 5.74) is 0.727. The summed E-state index contributed by atoms with van der Waals surface area (Å²) >= 11 is 0. The predicted molar refractivity (Wildman–Crippen MR) is 99.2 cm³/mol. The number of likely N-dealkylation sites (tertiary alicyclic amines) is 2. The van der Waals surface area contributed by atoms with Crippen LogP contribution in [-0.4, -0.2) is 53.4 Å². The number of hydrogen-bond acceptors (Lipinski definition) is 5. The van der Waals surface area contributed by atoms with Gasteiger partial charge in [0.05, 0.1) is 11.6 Å². The fourth-order valence-electron chi connectivity index (χ4n) is 4.33. The van der Waals surface area contributed by atoms with Gasteiger partial charge in [0, 0.05) is 32.7 Å². The highest BCUT2D eigenvalue weighted by atomic mass is 16.2. The van der Waals surface area contributed by atoms with Crippen molar-refractivity contribution < 1.29 is 4.79 Å². The third-order valence-corrected chi connectivity index (χ3v) is 5.87. The first-order valence-electron chi connectivity index (χ1n) is 9.52. The lowest BCUT2D eigenvalue weighted by Crippen LogP contribution is -2.59. The van der Waals surface area contributed by atoms with E-state index < -0.39 is 11.5 Å². The van der Waals surface area contributed by atoms with Gasteiger partial charge in [0.15, 0.2) is 5.92 Å². The van der Waals surface area contributed by atoms with Crippen LogP contribution < -0.4 is 5.32 Å². The van der Waals surface area contributed by atoms with E-state index in [0.717, 1.165) is 58.4 Å². The SMILES string of the molecule is N#C[C@@H]1C(=O)NC(N2CCCC2)=NC12CCN(Cc1ccccc1)CC2. The Morgan fingerprint density at radius 2 is 1.85 bits per heavy atom. The molecule has 1 aromatic rings. The molecule has 2 fully saturated rings. The molecule has 0 radical (unpaired) electrons. The van der Waals surface area contributed by atoms with E-state index in [1.165, 1.54) is 5.56 Å². The van der Waals surface area contributed by atoms with Crippen LogP contribution in [0.3, 0.4) is 0 Å². The van der Waals surface area contributed by atoms with Gasteiger partial charge in [-0.05, 0) is 31.2 Å². The van der Waals surface area contributed by atoms with E-state index >= 15 is 0 Å². The van der Waals surface area contributed by atoms with Crippen LogP contribution in [0.4, 0.5) is 0 Å². The van der Waals surface area contributed by atoms with Gasteiger partial charge in [-0.15, -0.1) is 0 Å². The number of carbonyl (C=O) groups excluding carboxylic acids is 1. The molecule has 3 aliphatic heterocycles. The normalized spacial score (nSPS) is 25.7. The Morgan fingerprint density at radius 1 is 1.15 bits per heavy atom. The Balaban J connectivity index is 1.51. The number of piperidine rings is 1. The van der Waals surface area contributed by atoms with Crippen molar-refractivity contribution in [2.45, 2.75) is 37.8 Å². The molecule has 3 aliphatic rings. The molecule has 4 rings (SSSR count). The molecule has 0 aliphatic carbocycles. The van der Waals surface area contributed by atoms with Gasteiger partial charge < -0.3 is 4.90 Å². The minimum atomic E-state index is -0.687. The van der Waals surface area contributed by atoms with Gasteiger partial charge >= 0.3 is 0 Å². The third-order valence-electron chi connectivity index (χ3n) is 5.87. The second kappa shape index (κ2) is 7.08. The van der Waals surface area contributed by atoms with Crippen molar-refractivity contribution in [1.29, 1.82) is 5.26 Å². The molecule has 3 heterocycles. The van der Waals surface area contributed by atoms with E-state index in [9.17, 15) is 10.1 Å². The van der Waals surface area contributed by atoms with E-state index in [4.69, 9.17) is 4.99 Å². The molecule has 6 nitrogen and oxygen atoms in total. The maximum absolute atomic E-state index is 12.6. The van der Waals surface area contributed by atoms with Gasteiger partial charge in [0.2, 0.25) is 11.9 Å². The Bertz CT molecular complexity index is 724. The first-order chi connectivity index (χ1) is 12.7. The van der Waals surface area contributed by atoms with Crippen LogP contribution in [0.1, 0.15) is 31.2 Å². The minimum Gasteiger partial charge on any atom is -0.343 e. The molecule has 1 N–H and O–H groups in total. The predicted octanol–water partition coefficient (Wildman–Crippen LogP) is 1.74. The van der Waals surface area contributed by atoms with Gasteiger partial charge in [-0.25, -0.2) is 4.99 Å². The van der Waals surface area contributed by atoms with Crippen LogP contribution in [0, 0.1) is 17.2 Å². The van der Waals surface area contributed by atoms with E-state index in [1.807, 2.05) is 6.07 Å². The number of nitrogens with one attached hydrogen (secondary N) is 1. The molecule has 0 aromatic heterocycles. The van der Waals surface area contributed by atoms with Crippen molar-refractivity contribution in [2.75, 3.05) is 26.2 Å². The number of rotatable bonds is 2. The number of guanidine groups is 1. The molecule has 136 valence electrons. The summed E-state index contributed by atoms with van der Waals surface area (Å²) in [6.07, 6.45) is 3.77. The third kappa shape index (κ3) is 3.19. The molecular weight excluding hydrogens is 326 g/mol. The quantitative estimate of drug-likeness (QED) is 0.881. The van der Waals surface area contributed by atoms with Gasteiger partial charge in [-0.1, -0.05) is 30.3 Å². The number of benzene rings is 1. The largest absolute Gasteiger partial charge is 0.343 e. The molecule has 1 amide bonds. The molecule has 1 spiro atoms. The highest BCUT2D eigenvalue weighted by Gasteiger charge is 2.49. The Kier molecular flexibility index (Phi) is 4.64. The van der Waals surface area contributed by atoms with Crippen molar-refractivity contribution in [1.82, 2.24) is 15.1 Å². The fourth-order valence-corrected chi connectivity index (χ4v) is 4.33. The molecule has 26 heavy (non-hydrogen) atoms. The second-order valence-electron chi connectivity index (χ2n) is 7.55. The maximum atomic E-state index is 12.6. The summed E-state index contributed by atoms with van der Waals surface area (Å²) in [5.74, 6) is -0.177. The lowest BCUT2D eigenvalue weighted by atomic mass is 9.76. The summed E-state index contributed by atoms with van der Waals surface area (Å²) in [6.45, 7) is 4.50. The van der Waals surface area contributed by atoms with Crippen LogP contribution in [0.5, 0.6) is 0 Å². The fraction of sp³-hybridized carbons (Fsp3) is 0.550. The molecule has 2 saturated heterocycles. The zero-order chi connectivity index (χ0) is 18.0. The Hall–Kier alpha value is -2.39. The number of nitriles is 1. The zero-order valence-corrected chi connectivity index (χ0v) is 15.0. The minimum absolute atomic E-state index is 0.180. The molecule has 6 heteroatoms. The number of nitrogens with zero attached hydrogens (tertiary/aromatic N) is 4. The van der Waals surface area contributed by atoms with E-state index in [-0.39, 0.29) is 5.91 Å². The molecule has 1 aromatic carbocycles. The van der Waals surface area contributed by atoms with Crippen LogP contribution in [0.25, 0.3) is 0 Å². The summed E-state index contributed by atoms with van der Waals surface area (Å²) in [7, 11) is 0. The first-order valence-corrected chi connectivity index (χ1v) is 9.52. The first kappa shape index (κ1) is 17.0. The van der Waals surface area contributed by atoms with E-state index in [0.29, 0.717) is 5.96 Å². The maximum Gasteiger partial charge on any atom is 0.246 e. The van der Waals surface area contributed by atoms with Crippen molar-refractivity contribution in [2.24, 2.45) is 10.9 Å². The smallest absolute Gasteiger partial charge is 0.246 e. The Labute approximate surface area is 154 Å². The van der Waals surface area contributed by atoms with Crippen LogP contribution in [0.2, 0.25) is 0 Å². The number of hydrogen-bond donors (Lipinski definition) is 1. The summed E-state index contributed by atoms with van der Waals surface area (Å²) in [5, 5.41) is 12.5. The van der Waals surface area contributed by atoms with Crippen molar-refractivity contribution >= 4 is 11.9 Å². The van der Waals surface area contributed by atoms with E-state index in [1.54, 1.807) is 0 Å². The number of aliphatic imine (C=N–C) groups is 1. The average molecular weight is 351 g/mol. The van der Waals surface area contributed by atoms with Gasteiger partial charge in [0.1, 0.15) is 0 Å². The van der Waals surface area contributed by atoms with Crippen molar-refractivity contribution in [3.05, 3.63) is 35.9 Å². The van der Waals surface area contributed by atoms with Crippen LogP contribution in [-0.2, 0) is 11.3 Å². The molecule has 0 saturated carbocycles. The number of carbonyl (C=O) groups is 1. The van der Waals surface area contributed by atoms with Gasteiger partial charge in [-0.2, -0.15) is 5.26 Å². The molecule has 1 atom stereocenters. The molecule has 0 unspecified atom stereocenters. The van der Waals surface area contributed by atoms with Crippen molar-refractivity contribution in [3.8, 4) is 6.07 Å². The Morgan fingerprint density at radius 3 is 2.50 bits per heavy atom. The lowest BCUT2D eigenvalue weighted by molar-refractivity contribution is -0.125. The summed E-state index contributed by atoms with van der Waals surface area (Å²) in [6, 6.07) is 12.7. The molecular formula is C20H25N5O. The van der Waals surface area contributed by atoms with Crippen molar-refractivity contribution in [3.63, 3.8) is 0 Å². The van der Waals surface area contributed by atoms with Gasteiger partial charge in [0.25, 0.3) is 0 Å². The lowest BCUT2D eigenvalue weighted by Gasteiger charge is -2.44. The topological polar surface area (TPSA) is 71.7 Å². The highest BCUT2D eigenvalue weighted by molar-refractivity contribution is 6.02. The second-order valence-corrected chi connectivity index (χ2v) is 7.55. The van der Waals surface area contributed by atoms with E-state index in [2.05, 4.69) is 45.5 Å². The highest BCUT2D eigenvalue weighted by Crippen LogP contribution is 2.37. The summed E-state index contributed by atoms with van der Waals surface area (Å²) in [4.78, 5) is 22.1. The van der Waals surface area contributed by atoms with Crippen LogP contribution >= 0.6 is 0 Å². The number of amides is 1. The average Bonchev–Trinajstić information content (AvgIpc) is 3.19.